The third-order valence-electron chi connectivity index (χ3n) is 3.82. The first-order valence-electron chi connectivity index (χ1n) is 8.36. The second-order valence-electron chi connectivity index (χ2n) is 6.04. The third kappa shape index (κ3) is 5.48. The quantitative estimate of drug-likeness (QED) is 0.617. The normalized spacial score (nSPS) is 11.4. The van der Waals surface area contributed by atoms with E-state index in [1.54, 1.807) is 35.6 Å². The zero-order valence-corrected chi connectivity index (χ0v) is 16.3. The maximum atomic E-state index is 12.3. The topological polar surface area (TPSA) is 102 Å². The largest absolute Gasteiger partial charge is 0.407 e. The highest BCUT2D eigenvalue weighted by Crippen LogP contribution is 2.16. The van der Waals surface area contributed by atoms with Crippen LogP contribution < -0.4 is 5.32 Å². The summed E-state index contributed by atoms with van der Waals surface area (Å²) in [6.45, 7) is 1.89. The molecule has 2 heterocycles. The highest BCUT2D eigenvalue weighted by Gasteiger charge is 2.16. The van der Waals surface area contributed by atoms with E-state index in [0.717, 1.165) is 10.4 Å². The zero-order chi connectivity index (χ0) is 19.3. The Morgan fingerprint density at radius 1 is 1.19 bits per heavy atom. The predicted molar refractivity (Wildman–Crippen MR) is 103 cm³/mol. The summed E-state index contributed by atoms with van der Waals surface area (Å²) in [5, 5.41) is 12.1. The fourth-order valence-electron chi connectivity index (χ4n) is 2.41. The summed E-state index contributed by atoms with van der Waals surface area (Å²) < 4.78 is 29.9. The first kappa shape index (κ1) is 19.2. The number of nitrogens with zero attached hydrogens (tertiary/aromatic N) is 2. The Morgan fingerprint density at radius 3 is 2.67 bits per heavy atom. The van der Waals surface area contributed by atoms with Crippen molar-refractivity contribution in [2.24, 2.45) is 0 Å². The molecule has 1 N–H and O–H groups in total. The van der Waals surface area contributed by atoms with Gasteiger partial charge in [-0.3, -0.25) is 10.1 Å². The number of aryl methyl sites for hydroxylation is 1. The van der Waals surface area contributed by atoms with Crippen LogP contribution in [0.25, 0.3) is 0 Å². The molecule has 0 saturated heterocycles. The SMILES string of the molecule is Cc1ccc(S(=O)(=O)CCCC(=O)Nc2nnc(Cc3cccs3)o2)cc1. The van der Waals surface area contributed by atoms with Crippen LogP contribution in [0.4, 0.5) is 6.01 Å². The van der Waals surface area contributed by atoms with E-state index in [1.807, 2.05) is 24.4 Å². The highest BCUT2D eigenvalue weighted by molar-refractivity contribution is 7.91. The number of hydrogen-bond donors (Lipinski definition) is 1. The molecule has 2 aromatic heterocycles. The molecule has 3 aromatic rings. The molecule has 1 amide bonds. The molecule has 0 aliphatic rings. The standard InChI is InChI=1S/C18H19N3O4S2/c1-13-6-8-15(9-7-13)27(23,24)11-3-5-16(22)19-18-21-20-17(25-18)12-14-4-2-10-26-14/h2,4,6-10H,3,5,11-12H2,1H3,(H,19,21,22). The van der Waals surface area contributed by atoms with Gasteiger partial charge in [0.25, 0.3) is 0 Å². The van der Waals surface area contributed by atoms with Crippen molar-refractivity contribution in [3.8, 4) is 0 Å². The third-order valence-corrected chi connectivity index (χ3v) is 6.51. The van der Waals surface area contributed by atoms with Gasteiger partial charge in [-0.05, 0) is 36.9 Å². The Morgan fingerprint density at radius 2 is 1.96 bits per heavy atom. The van der Waals surface area contributed by atoms with E-state index in [0.29, 0.717) is 12.3 Å². The number of thiophene rings is 1. The van der Waals surface area contributed by atoms with E-state index in [1.165, 1.54) is 0 Å². The highest BCUT2D eigenvalue weighted by atomic mass is 32.2. The molecule has 9 heteroatoms. The van der Waals surface area contributed by atoms with E-state index in [2.05, 4.69) is 15.5 Å². The summed E-state index contributed by atoms with van der Waals surface area (Å²) in [7, 11) is -3.40. The summed E-state index contributed by atoms with van der Waals surface area (Å²) in [6, 6.07) is 10.6. The van der Waals surface area contributed by atoms with Crippen LogP contribution in [0, 0.1) is 6.92 Å². The monoisotopic (exact) mass is 405 g/mol. The van der Waals surface area contributed by atoms with Crippen molar-refractivity contribution in [2.45, 2.75) is 31.1 Å². The molecule has 0 unspecified atom stereocenters. The molecule has 0 aliphatic heterocycles. The Labute approximate surface area is 161 Å². The van der Waals surface area contributed by atoms with Crippen LogP contribution in [0.1, 0.15) is 29.2 Å². The average Bonchev–Trinajstić information content (AvgIpc) is 3.28. The summed E-state index contributed by atoms with van der Waals surface area (Å²) in [4.78, 5) is 13.3. The van der Waals surface area contributed by atoms with Crippen LogP contribution in [-0.4, -0.2) is 30.3 Å². The van der Waals surface area contributed by atoms with Gasteiger partial charge in [0.05, 0.1) is 17.1 Å². The van der Waals surface area contributed by atoms with Crippen LogP contribution in [0.3, 0.4) is 0 Å². The van der Waals surface area contributed by atoms with Gasteiger partial charge in [0.2, 0.25) is 11.8 Å². The van der Waals surface area contributed by atoms with E-state index in [4.69, 9.17) is 4.42 Å². The number of aromatic nitrogens is 2. The van der Waals surface area contributed by atoms with Crippen molar-refractivity contribution < 1.29 is 17.6 Å². The fourth-order valence-corrected chi connectivity index (χ4v) is 4.41. The lowest BCUT2D eigenvalue weighted by Gasteiger charge is -2.05. The van der Waals surface area contributed by atoms with Crippen LogP contribution in [0.2, 0.25) is 0 Å². The summed E-state index contributed by atoms with van der Waals surface area (Å²) in [5.41, 5.74) is 0.992. The van der Waals surface area contributed by atoms with Crippen molar-refractivity contribution in [3.05, 3.63) is 58.1 Å². The molecule has 0 aliphatic carbocycles. The van der Waals surface area contributed by atoms with Crippen molar-refractivity contribution in [2.75, 3.05) is 11.1 Å². The van der Waals surface area contributed by atoms with Gasteiger partial charge < -0.3 is 4.42 Å². The Hall–Kier alpha value is -2.52. The minimum atomic E-state index is -3.40. The molecule has 0 bridgehead atoms. The Kier molecular flexibility index (Phi) is 6.02. The van der Waals surface area contributed by atoms with Gasteiger partial charge in [-0.1, -0.05) is 28.9 Å². The molecule has 1 aromatic carbocycles. The van der Waals surface area contributed by atoms with Gasteiger partial charge in [-0.25, -0.2) is 8.42 Å². The van der Waals surface area contributed by atoms with E-state index < -0.39 is 9.84 Å². The molecule has 0 fully saturated rings. The number of nitrogens with one attached hydrogen (secondary N) is 1. The zero-order valence-electron chi connectivity index (χ0n) is 14.7. The minimum Gasteiger partial charge on any atom is -0.407 e. The molecular formula is C18H19N3O4S2. The van der Waals surface area contributed by atoms with E-state index in [-0.39, 0.29) is 35.4 Å². The maximum Gasteiger partial charge on any atom is 0.322 e. The van der Waals surface area contributed by atoms with Crippen LogP contribution >= 0.6 is 11.3 Å². The van der Waals surface area contributed by atoms with Gasteiger partial charge in [-0.2, -0.15) is 0 Å². The second-order valence-corrected chi connectivity index (χ2v) is 9.18. The maximum absolute atomic E-state index is 12.3. The summed E-state index contributed by atoms with van der Waals surface area (Å²) >= 11 is 1.58. The van der Waals surface area contributed by atoms with Crippen LogP contribution in [0.15, 0.2) is 51.1 Å². The van der Waals surface area contributed by atoms with Gasteiger partial charge in [0, 0.05) is 11.3 Å². The van der Waals surface area contributed by atoms with Crippen molar-refractivity contribution >= 4 is 33.1 Å². The van der Waals surface area contributed by atoms with Crippen LogP contribution in [-0.2, 0) is 21.1 Å². The molecular weight excluding hydrogens is 386 g/mol. The van der Waals surface area contributed by atoms with E-state index >= 15 is 0 Å². The first-order valence-corrected chi connectivity index (χ1v) is 10.9. The summed E-state index contributed by atoms with van der Waals surface area (Å²) in [5.74, 6) is -0.0492. The van der Waals surface area contributed by atoms with Crippen molar-refractivity contribution in [3.63, 3.8) is 0 Å². The average molecular weight is 406 g/mol. The molecule has 7 nitrogen and oxygen atoms in total. The van der Waals surface area contributed by atoms with Gasteiger partial charge >= 0.3 is 6.01 Å². The fraction of sp³-hybridized carbons (Fsp3) is 0.278. The second kappa shape index (κ2) is 8.45. The van der Waals surface area contributed by atoms with Gasteiger partial charge in [-0.15, -0.1) is 16.4 Å². The molecule has 0 atom stereocenters. The number of anilines is 1. The first-order chi connectivity index (χ1) is 12.9. The number of benzene rings is 1. The molecule has 27 heavy (non-hydrogen) atoms. The van der Waals surface area contributed by atoms with Crippen molar-refractivity contribution in [1.82, 2.24) is 10.2 Å². The molecule has 0 spiro atoms. The molecule has 3 rings (SSSR count). The van der Waals surface area contributed by atoms with E-state index in [9.17, 15) is 13.2 Å². The van der Waals surface area contributed by atoms with Gasteiger partial charge in [0.1, 0.15) is 0 Å². The lowest BCUT2D eigenvalue weighted by molar-refractivity contribution is -0.116. The number of amides is 1. The van der Waals surface area contributed by atoms with Crippen molar-refractivity contribution in [1.29, 1.82) is 0 Å². The number of carbonyl (C=O) groups excluding carboxylic acids is 1. The molecule has 0 saturated carbocycles. The van der Waals surface area contributed by atoms with Crippen LogP contribution in [0.5, 0.6) is 0 Å². The number of rotatable bonds is 8. The predicted octanol–water partition coefficient (Wildman–Crippen LogP) is 3.22. The minimum absolute atomic E-state index is 0.0212. The Balaban J connectivity index is 1.47. The summed E-state index contributed by atoms with van der Waals surface area (Å²) in [6.07, 6.45) is 0.765. The molecule has 0 radical (unpaired) electrons. The van der Waals surface area contributed by atoms with Gasteiger partial charge in [0.15, 0.2) is 9.84 Å². The lowest BCUT2D eigenvalue weighted by Crippen LogP contribution is -2.14. The lowest BCUT2D eigenvalue weighted by atomic mass is 10.2. The smallest absolute Gasteiger partial charge is 0.322 e. The number of sulfone groups is 1. The Bertz CT molecular complexity index is 994. The number of hydrogen-bond acceptors (Lipinski definition) is 7. The number of carbonyl (C=O) groups is 1. The molecule has 142 valence electrons.